The van der Waals surface area contributed by atoms with Gasteiger partial charge in [0.1, 0.15) is 5.75 Å². The van der Waals surface area contributed by atoms with Crippen molar-refractivity contribution in [3.05, 3.63) is 47.2 Å². The van der Waals surface area contributed by atoms with E-state index in [2.05, 4.69) is 9.97 Å². The number of nitrogens with zero attached hydrogens (tertiary/aromatic N) is 3. The molecule has 0 radical (unpaired) electrons. The fourth-order valence-electron chi connectivity index (χ4n) is 3.45. The van der Waals surface area contributed by atoms with Crippen LogP contribution in [-0.2, 0) is 20.0 Å². The van der Waals surface area contributed by atoms with Crippen LogP contribution in [0, 0.1) is 6.92 Å². The molecule has 1 aliphatic heterocycles. The number of hydrogen-bond acceptors (Lipinski definition) is 3. The van der Waals surface area contributed by atoms with Gasteiger partial charge in [0.2, 0.25) is 0 Å². The molecule has 0 atom stereocenters. The Morgan fingerprint density at radius 2 is 2.22 bits per heavy atom. The van der Waals surface area contributed by atoms with Gasteiger partial charge in [-0.15, -0.1) is 0 Å². The van der Waals surface area contributed by atoms with Gasteiger partial charge < -0.3 is 19.6 Å². The van der Waals surface area contributed by atoms with E-state index in [9.17, 15) is 9.90 Å². The number of aromatic amines is 1. The van der Waals surface area contributed by atoms with E-state index in [1.54, 1.807) is 18.5 Å². The lowest BCUT2D eigenvalue weighted by atomic mass is 10.0. The van der Waals surface area contributed by atoms with Crippen LogP contribution >= 0.6 is 0 Å². The molecule has 1 aromatic carbocycles. The fraction of sp³-hybridized carbons (Fsp3) is 0.294. The van der Waals surface area contributed by atoms with Gasteiger partial charge in [-0.25, -0.2) is 4.98 Å². The second-order valence-corrected chi connectivity index (χ2v) is 6.00. The lowest BCUT2D eigenvalue weighted by molar-refractivity contribution is 0.0725. The van der Waals surface area contributed by atoms with Crippen molar-refractivity contribution in [3.8, 4) is 5.75 Å². The van der Waals surface area contributed by atoms with E-state index < -0.39 is 0 Å². The molecule has 2 aromatic heterocycles. The molecule has 0 bridgehead atoms. The molecular weight excluding hydrogens is 292 g/mol. The summed E-state index contributed by atoms with van der Waals surface area (Å²) < 4.78 is 1.94. The number of aromatic hydroxyl groups is 1. The average Bonchev–Trinajstić information content (AvgIpc) is 3.06. The second-order valence-electron chi connectivity index (χ2n) is 6.00. The fourth-order valence-corrected chi connectivity index (χ4v) is 3.45. The molecule has 0 spiro atoms. The third-order valence-corrected chi connectivity index (χ3v) is 4.71. The van der Waals surface area contributed by atoms with Gasteiger partial charge in [-0.3, -0.25) is 4.79 Å². The number of amides is 1. The number of phenolic OH excluding ortho intramolecular Hbond substituents is 1. The Labute approximate surface area is 133 Å². The first kappa shape index (κ1) is 13.9. The van der Waals surface area contributed by atoms with Crippen molar-refractivity contribution in [2.75, 3.05) is 6.54 Å². The van der Waals surface area contributed by atoms with Gasteiger partial charge in [0.25, 0.3) is 5.91 Å². The number of fused-ring (bicyclic) bond motifs is 3. The van der Waals surface area contributed by atoms with Gasteiger partial charge in [-0.1, -0.05) is 12.1 Å². The maximum absolute atomic E-state index is 13.0. The molecule has 0 unspecified atom stereocenters. The van der Waals surface area contributed by atoms with Crippen LogP contribution in [0.5, 0.6) is 5.75 Å². The number of carbonyl (C=O) groups is 1. The predicted molar refractivity (Wildman–Crippen MR) is 86.4 cm³/mol. The Morgan fingerprint density at radius 3 is 2.96 bits per heavy atom. The average molecular weight is 310 g/mol. The van der Waals surface area contributed by atoms with Crippen molar-refractivity contribution in [2.24, 2.45) is 7.05 Å². The lowest BCUT2D eigenvalue weighted by Crippen LogP contribution is -2.37. The minimum absolute atomic E-state index is 0.00449. The van der Waals surface area contributed by atoms with Crippen LogP contribution in [0.1, 0.15) is 27.4 Å². The van der Waals surface area contributed by atoms with E-state index in [4.69, 9.17) is 0 Å². The number of aromatic nitrogens is 3. The smallest absolute Gasteiger partial charge is 0.256 e. The summed E-state index contributed by atoms with van der Waals surface area (Å²) in [7, 11) is 1.90. The number of carbonyl (C=O) groups excluding carboxylic acids is 1. The molecule has 1 aliphatic rings. The van der Waals surface area contributed by atoms with Crippen molar-refractivity contribution in [1.29, 1.82) is 0 Å². The van der Waals surface area contributed by atoms with E-state index in [1.807, 2.05) is 29.5 Å². The van der Waals surface area contributed by atoms with E-state index in [0.717, 1.165) is 34.4 Å². The van der Waals surface area contributed by atoms with Crippen molar-refractivity contribution in [2.45, 2.75) is 19.9 Å². The van der Waals surface area contributed by atoms with Crippen molar-refractivity contribution < 1.29 is 9.90 Å². The summed E-state index contributed by atoms with van der Waals surface area (Å²) in [4.78, 5) is 22.1. The molecule has 1 amide bonds. The standard InChI is InChI=1S/C17H18N4O2/c1-10-12(19-9-18-10)8-21-7-6-13-15(17(21)23)11-4-3-5-14(22)16(11)20(13)2/h3-5,9,22H,6-8H2,1-2H3,(H,18,19). The Hall–Kier alpha value is -2.76. The van der Waals surface area contributed by atoms with Crippen LogP contribution in [0.25, 0.3) is 10.9 Å². The van der Waals surface area contributed by atoms with E-state index >= 15 is 0 Å². The van der Waals surface area contributed by atoms with Crippen LogP contribution in [0.4, 0.5) is 0 Å². The zero-order valence-corrected chi connectivity index (χ0v) is 13.1. The number of phenols is 1. The van der Waals surface area contributed by atoms with Gasteiger partial charge in [-0.2, -0.15) is 0 Å². The van der Waals surface area contributed by atoms with E-state index in [0.29, 0.717) is 18.7 Å². The van der Waals surface area contributed by atoms with Gasteiger partial charge in [-0.05, 0) is 13.0 Å². The highest BCUT2D eigenvalue weighted by molar-refractivity contribution is 6.10. The maximum atomic E-state index is 13.0. The van der Waals surface area contributed by atoms with Crippen molar-refractivity contribution in [1.82, 2.24) is 19.4 Å². The van der Waals surface area contributed by atoms with Crippen molar-refractivity contribution >= 4 is 16.8 Å². The lowest BCUT2D eigenvalue weighted by Gasteiger charge is -2.27. The first-order chi connectivity index (χ1) is 11.1. The minimum Gasteiger partial charge on any atom is -0.506 e. The highest BCUT2D eigenvalue weighted by Crippen LogP contribution is 2.34. The molecule has 6 nitrogen and oxygen atoms in total. The number of imidazole rings is 1. The maximum Gasteiger partial charge on any atom is 0.256 e. The number of aryl methyl sites for hydroxylation is 2. The molecule has 0 fully saturated rings. The number of para-hydroxylation sites is 1. The molecule has 2 N–H and O–H groups in total. The summed E-state index contributed by atoms with van der Waals surface area (Å²) in [5, 5.41) is 11.0. The molecule has 118 valence electrons. The third kappa shape index (κ3) is 1.94. The summed E-state index contributed by atoms with van der Waals surface area (Å²) in [6.45, 7) is 3.12. The topological polar surface area (TPSA) is 74.2 Å². The molecule has 6 heteroatoms. The first-order valence-electron chi connectivity index (χ1n) is 7.65. The zero-order valence-electron chi connectivity index (χ0n) is 13.1. The number of hydrogen-bond donors (Lipinski definition) is 2. The summed E-state index contributed by atoms with van der Waals surface area (Å²) in [6.07, 6.45) is 2.43. The Morgan fingerprint density at radius 1 is 1.39 bits per heavy atom. The zero-order chi connectivity index (χ0) is 16.1. The van der Waals surface area contributed by atoms with Gasteiger partial charge in [0, 0.05) is 36.8 Å². The van der Waals surface area contributed by atoms with Gasteiger partial charge >= 0.3 is 0 Å². The summed E-state index contributed by atoms with van der Waals surface area (Å²) >= 11 is 0. The van der Waals surface area contributed by atoms with E-state index in [-0.39, 0.29) is 11.7 Å². The third-order valence-electron chi connectivity index (χ3n) is 4.71. The Balaban J connectivity index is 1.80. The van der Waals surface area contributed by atoms with Crippen LogP contribution in [0.3, 0.4) is 0 Å². The van der Waals surface area contributed by atoms with Crippen LogP contribution in [-0.4, -0.2) is 37.0 Å². The second kappa shape index (κ2) is 4.87. The predicted octanol–water partition coefficient (Wildman–Crippen LogP) is 2.11. The highest BCUT2D eigenvalue weighted by Gasteiger charge is 2.31. The quantitative estimate of drug-likeness (QED) is 0.761. The molecule has 4 rings (SSSR count). The van der Waals surface area contributed by atoms with Crippen molar-refractivity contribution in [3.63, 3.8) is 0 Å². The summed E-state index contributed by atoms with van der Waals surface area (Å²) in [5.74, 6) is 0.215. The molecular formula is C17H18N4O2. The summed E-state index contributed by atoms with van der Waals surface area (Å²) in [6, 6.07) is 5.33. The number of nitrogens with one attached hydrogen (secondary N) is 1. The molecule has 23 heavy (non-hydrogen) atoms. The van der Waals surface area contributed by atoms with E-state index in [1.165, 1.54) is 0 Å². The largest absolute Gasteiger partial charge is 0.506 e. The monoisotopic (exact) mass is 310 g/mol. The van der Waals surface area contributed by atoms with Gasteiger partial charge in [0.05, 0.1) is 29.6 Å². The Bertz CT molecular complexity index is 922. The SMILES string of the molecule is Cc1[nH]cnc1CN1CCc2c(c3cccc(O)c3n2C)C1=O. The molecule has 0 saturated heterocycles. The molecule has 0 saturated carbocycles. The highest BCUT2D eigenvalue weighted by atomic mass is 16.3. The number of H-pyrrole nitrogens is 1. The Kier molecular flexibility index (Phi) is 2.94. The first-order valence-corrected chi connectivity index (χ1v) is 7.65. The molecule has 0 aliphatic carbocycles. The van der Waals surface area contributed by atoms with Crippen LogP contribution in [0.15, 0.2) is 24.5 Å². The van der Waals surface area contributed by atoms with Crippen LogP contribution in [0.2, 0.25) is 0 Å². The number of benzene rings is 1. The number of rotatable bonds is 2. The molecule has 3 aromatic rings. The van der Waals surface area contributed by atoms with Crippen LogP contribution < -0.4 is 0 Å². The normalized spacial score (nSPS) is 14.5. The minimum atomic E-state index is 0.00449. The summed E-state index contributed by atoms with van der Waals surface area (Å²) in [5.41, 5.74) is 4.30. The molecule has 3 heterocycles. The van der Waals surface area contributed by atoms with Gasteiger partial charge in [0.15, 0.2) is 0 Å².